The summed E-state index contributed by atoms with van der Waals surface area (Å²) in [6.07, 6.45) is 0. The molecule has 1 N–H and O–H groups in total. The smallest absolute Gasteiger partial charge is 0.329 e. The Morgan fingerprint density at radius 2 is 1.70 bits per heavy atom. The fourth-order valence-corrected chi connectivity index (χ4v) is 2.61. The number of carbonyl (C=O) groups excluding carboxylic acids is 3. The number of halogens is 1. The van der Waals surface area contributed by atoms with E-state index in [9.17, 15) is 28.9 Å². The Morgan fingerprint density at radius 3 is 2.27 bits per heavy atom. The van der Waals surface area contributed by atoms with Crippen LogP contribution >= 0.6 is 0 Å². The van der Waals surface area contributed by atoms with E-state index in [1.54, 1.807) is 20.8 Å². The molecule has 0 fully saturated rings. The number of amides is 1. The van der Waals surface area contributed by atoms with Crippen LogP contribution in [0.4, 0.5) is 10.1 Å². The zero-order chi connectivity index (χ0) is 22.4. The number of carbonyl (C=O) groups is 3. The Kier molecular flexibility index (Phi) is 7.35. The molecule has 158 valence electrons. The van der Waals surface area contributed by atoms with Gasteiger partial charge in [-0.1, -0.05) is 26.0 Å². The highest BCUT2D eigenvalue weighted by Crippen LogP contribution is 2.19. The van der Waals surface area contributed by atoms with E-state index in [1.165, 1.54) is 24.3 Å². The van der Waals surface area contributed by atoms with Crippen molar-refractivity contribution in [3.8, 4) is 0 Å². The average Bonchev–Trinajstić information content (AvgIpc) is 2.70. The predicted molar refractivity (Wildman–Crippen MR) is 106 cm³/mol. The second kappa shape index (κ2) is 9.73. The van der Waals surface area contributed by atoms with E-state index in [4.69, 9.17) is 4.74 Å². The third-order valence-electron chi connectivity index (χ3n) is 4.39. The average molecular weight is 416 g/mol. The van der Waals surface area contributed by atoms with Crippen molar-refractivity contribution in [2.24, 2.45) is 5.92 Å². The van der Waals surface area contributed by atoms with Gasteiger partial charge >= 0.3 is 5.97 Å². The standard InChI is InChI=1S/C21H21FN2O6/c1-12(2)19(23-20(26)14-6-8-16(22)9-7-14)21(27)30-11-18(25)15-5-4-13(3)17(10-15)24(28)29/h4-10,12,19H,11H2,1-3H3,(H,23,26)/t19-/m0/s1. The maximum Gasteiger partial charge on any atom is 0.329 e. The minimum atomic E-state index is -1.04. The van der Waals surface area contributed by atoms with Crippen LogP contribution in [0.2, 0.25) is 0 Å². The topological polar surface area (TPSA) is 116 Å². The van der Waals surface area contributed by atoms with Crippen LogP contribution in [0, 0.1) is 28.8 Å². The summed E-state index contributed by atoms with van der Waals surface area (Å²) in [5.74, 6) is -2.88. The molecule has 0 saturated carbocycles. The molecule has 0 radical (unpaired) electrons. The highest BCUT2D eigenvalue weighted by atomic mass is 19.1. The van der Waals surface area contributed by atoms with Crippen molar-refractivity contribution in [2.75, 3.05) is 6.61 Å². The Morgan fingerprint density at radius 1 is 1.10 bits per heavy atom. The van der Waals surface area contributed by atoms with Crippen molar-refractivity contribution in [1.82, 2.24) is 5.32 Å². The van der Waals surface area contributed by atoms with Crippen LogP contribution in [0.25, 0.3) is 0 Å². The van der Waals surface area contributed by atoms with Gasteiger partial charge in [0.15, 0.2) is 6.61 Å². The number of nitro groups is 1. The second-order valence-electron chi connectivity index (χ2n) is 6.99. The molecular weight excluding hydrogens is 395 g/mol. The van der Waals surface area contributed by atoms with Gasteiger partial charge in [0.1, 0.15) is 11.9 Å². The van der Waals surface area contributed by atoms with Crippen molar-refractivity contribution >= 4 is 23.3 Å². The largest absolute Gasteiger partial charge is 0.456 e. The molecule has 0 aliphatic heterocycles. The molecule has 0 aliphatic rings. The molecule has 0 unspecified atom stereocenters. The summed E-state index contributed by atoms with van der Waals surface area (Å²) in [5.41, 5.74) is 0.394. The lowest BCUT2D eigenvalue weighted by atomic mass is 10.0. The summed E-state index contributed by atoms with van der Waals surface area (Å²) in [6.45, 7) is 4.28. The van der Waals surface area contributed by atoms with Crippen LogP contribution in [0.5, 0.6) is 0 Å². The molecule has 2 rings (SSSR count). The van der Waals surface area contributed by atoms with Crippen molar-refractivity contribution < 1.29 is 28.4 Å². The third kappa shape index (κ3) is 5.69. The Hall–Kier alpha value is -3.62. The van der Waals surface area contributed by atoms with E-state index in [0.29, 0.717) is 5.56 Å². The molecule has 2 aromatic carbocycles. The minimum absolute atomic E-state index is 0.0385. The molecule has 0 bridgehead atoms. The fourth-order valence-electron chi connectivity index (χ4n) is 2.61. The summed E-state index contributed by atoms with van der Waals surface area (Å²) in [6, 6.07) is 7.74. The molecule has 0 aromatic heterocycles. The second-order valence-corrected chi connectivity index (χ2v) is 6.99. The number of nitrogens with zero attached hydrogens (tertiary/aromatic N) is 1. The number of hydrogen-bond donors (Lipinski definition) is 1. The van der Waals surface area contributed by atoms with Gasteiger partial charge in [-0.2, -0.15) is 0 Å². The molecule has 0 aliphatic carbocycles. The van der Waals surface area contributed by atoms with Crippen LogP contribution in [0.3, 0.4) is 0 Å². The van der Waals surface area contributed by atoms with E-state index >= 15 is 0 Å². The molecule has 8 nitrogen and oxygen atoms in total. The molecule has 9 heteroatoms. The highest BCUT2D eigenvalue weighted by molar-refractivity contribution is 5.99. The molecule has 1 amide bonds. The van der Waals surface area contributed by atoms with E-state index in [2.05, 4.69) is 5.32 Å². The molecule has 30 heavy (non-hydrogen) atoms. The van der Waals surface area contributed by atoms with Crippen LogP contribution in [-0.4, -0.2) is 35.2 Å². The normalized spacial score (nSPS) is 11.6. The third-order valence-corrected chi connectivity index (χ3v) is 4.39. The van der Waals surface area contributed by atoms with Gasteiger partial charge in [0.2, 0.25) is 5.78 Å². The maximum atomic E-state index is 13.0. The summed E-state index contributed by atoms with van der Waals surface area (Å²) >= 11 is 0. The number of nitro benzene ring substituents is 1. The number of esters is 1. The first kappa shape index (κ1) is 22.7. The number of rotatable bonds is 8. The Bertz CT molecular complexity index is 972. The van der Waals surface area contributed by atoms with Gasteiger partial charge in [-0.05, 0) is 37.1 Å². The first-order chi connectivity index (χ1) is 14.1. The van der Waals surface area contributed by atoms with E-state index < -0.39 is 41.0 Å². The monoisotopic (exact) mass is 416 g/mol. The lowest BCUT2D eigenvalue weighted by Gasteiger charge is -2.20. The number of nitrogens with one attached hydrogen (secondary N) is 1. The zero-order valence-electron chi connectivity index (χ0n) is 16.7. The van der Waals surface area contributed by atoms with Gasteiger partial charge in [-0.25, -0.2) is 9.18 Å². The van der Waals surface area contributed by atoms with Gasteiger partial charge in [-0.3, -0.25) is 19.7 Å². The first-order valence-electron chi connectivity index (χ1n) is 9.11. The summed E-state index contributed by atoms with van der Waals surface area (Å²) in [7, 11) is 0. The Labute approximate surface area is 172 Å². The van der Waals surface area contributed by atoms with Crippen molar-refractivity contribution in [1.29, 1.82) is 0 Å². The maximum absolute atomic E-state index is 13.0. The van der Waals surface area contributed by atoms with Gasteiger partial charge in [0, 0.05) is 22.8 Å². The number of hydrogen-bond acceptors (Lipinski definition) is 6. The molecule has 0 spiro atoms. The van der Waals surface area contributed by atoms with Gasteiger partial charge in [0.25, 0.3) is 11.6 Å². The predicted octanol–water partition coefficient (Wildman–Crippen LogP) is 3.22. The lowest BCUT2D eigenvalue weighted by Crippen LogP contribution is -2.45. The number of benzene rings is 2. The molecule has 0 saturated heterocycles. The lowest BCUT2D eigenvalue weighted by molar-refractivity contribution is -0.385. The van der Waals surface area contributed by atoms with Gasteiger partial charge in [-0.15, -0.1) is 0 Å². The van der Waals surface area contributed by atoms with Crippen LogP contribution in [0.1, 0.15) is 40.1 Å². The van der Waals surface area contributed by atoms with Crippen molar-refractivity contribution in [3.05, 3.63) is 75.1 Å². The molecule has 2 aromatic rings. The first-order valence-corrected chi connectivity index (χ1v) is 9.11. The minimum Gasteiger partial charge on any atom is -0.456 e. The van der Waals surface area contributed by atoms with Crippen LogP contribution < -0.4 is 5.32 Å². The Balaban J connectivity index is 2.04. The number of Topliss-reactive ketones (excluding diaryl/α,β-unsaturated/α-hetero) is 1. The van der Waals surface area contributed by atoms with Crippen molar-refractivity contribution in [2.45, 2.75) is 26.8 Å². The van der Waals surface area contributed by atoms with Crippen LogP contribution in [0.15, 0.2) is 42.5 Å². The van der Waals surface area contributed by atoms with Gasteiger partial charge in [0.05, 0.1) is 4.92 Å². The van der Waals surface area contributed by atoms with E-state index in [0.717, 1.165) is 18.2 Å². The summed E-state index contributed by atoms with van der Waals surface area (Å²) < 4.78 is 18.0. The quantitative estimate of drug-likeness (QED) is 0.306. The van der Waals surface area contributed by atoms with E-state index in [-0.39, 0.29) is 22.7 Å². The van der Waals surface area contributed by atoms with Gasteiger partial charge < -0.3 is 10.1 Å². The molecule has 1 atom stereocenters. The zero-order valence-corrected chi connectivity index (χ0v) is 16.7. The number of aryl methyl sites for hydroxylation is 1. The number of ketones is 1. The molecular formula is C21H21FN2O6. The summed E-state index contributed by atoms with van der Waals surface area (Å²) in [5, 5.41) is 13.5. The van der Waals surface area contributed by atoms with E-state index in [1.807, 2.05) is 0 Å². The fraction of sp³-hybridized carbons (Fsp3) is 0.286. The van der Waals surface area contributed by atoms with Crippen LogP contribution in [-0.2, 0) is 9.53 Å². The highest BCUT2D eigenvalue weighted by Gasteiger charge is 2.27. The molecule has 0 heterocycles. The summed E-state index contributed by atoms with van der Waals surface area (Å²) in [4.78, 5) is 47.4. The number of ether oxygens (including phenoxy) is 1. The SMILES string of the molecule is Cc1ccc(C(=O)COC(=O)[C@@H](NC(=O)c2ccc(F)cc2)C(C)C)cc1[N+](=O)[O-]. The van der Waals surface area contributed by atoms with Crippen molar-refractivity contribution in [3.63, 3.8) is 0 Å².